The molecule has 1 N–H and O–H groups in total. The lowest BCUT2D eigenvalue weighted by Gasteiger charge is -2.20. The molecule has 2 rings (SSSR count). The molecule has 1 aliphatic carbocycles. The third-order valence-electron chi connectivity index (χ3n) is 4.03. The van der Waals surface area contributed by atoms with Crippen LogP contribution in [-0.4, -0.2) is 21.4 Å². The van der Waals surface area contributed by atoms with Crippen LogP contribution in [0.2, 0.25) is 0 Å². The second-order valence-corrected chi connectivity index (χ2v) is 8.46. The first-order valence-corrected chi connectivity index (χ1v) is 9.67. The third-order valence-corrected chi connectivity index (χ3v) is 6.23. The molecular weight excluding hydrogens is 302 g/mol. The quantitative estimate of drug-likeness (QED) is 0.581. The molecule has 1 fully saturated rings. The zero-order valence-electron chi connectivity index (χ0n) is 12.9. The molecule has 0 radical (unpaired) electrons. The number of aromatic nitrogens is 2. The molecule has 0 aliphatic heterocycles. The summed E-state index contributed by atoms with van der Waals surface area (Å²) in [5.74, 6) is 0.826. The molecule has 21 heavy (non-hydrogen) atoms. The van der Waals surface area contributed by atoms with Crippen LogP contribution < -0.4 is 5.32 Å². The van der Waals surface area contributed by atoms with Gasteiger partial charge in [-0.3, -0.25) is 4.79 Å². The summed E-state index contributed by atoms with van der Waals surface area (Å²) in [6.07, 6.45) is 9.34. The van der Waals surface area contributed by atoms with Crippen LogP contribution in [0.15, 0.2) is 4.34 Å². The van der Waals surface area contributed by atoms with Crippen LogP contribution in [0.5, 0.6) is 0 Å². The summed E-state index contributed by atoms with van der Waals surface area (Å²) < 4.78 is 0.937. The standard InChI is InChI=1S/C15H25N3OS2/c1-3-11(2)20-15-18-17-14(21-15)16-13(19)10-9-12-7-5-4-6-8-12/h11-12H,3-10H2,1-2H3,(H,16,17,19). The summed E-state index contributed by atoms with van der Waals surface area (Å²) in [5, 5.41) is 12.2. The number of carbonyl (C=O) groups is 1. The Hall–Kier alpha value is -0.620. The van der Waals surface area contributed by atoms with Gasteiger partial charge in [0.05, 0.1) is 0 Å². The maximum absolute atomic E-state index is 12.0. The van der Waals surface area contributed by atoms with Gasteiger partial charge in [0.1, 0.15) is 0 Å². The lowest BCUT2D eigenvalue weighted by atomic mass is 9.86. The van der Waals surface area contributed by atoms with Crippen molar-refractivity contribution in [2.24, 2.45) is 5.92 Å². The van der Waals surface area contributed by atoms with Crippen LogP contribution in [0.25, 0.3) is 0 Å². The van der Waals surface area contributed by atoms with Gasteiger partial charge in [-0.2, -0.15) is 0 Å². The Bertz CT molecular complexity index is 444. The monoisotopic (exact) mass is 327 g/mol. The number of carbonyl (C=O) groups excluding carboxylic acids is 1. The Morgan fingerprint density at radius 3 is 2.86 bits per heavy atom. The van der Waals surface area contributed by atoms with E-state index in [4.69, 9.17) is 0 Å². The summed E-state index contributed by atoms with van der Waals surface area (Å²) in [6, 6.07) is 0. The predicted molar refractivity (Wildman–Crippen MR) is 90.0 cm³/mol. The Labute approximate surface area is 135 Å². The number of amides is 1. The van der Waals surface area contributed by atoms with Crippen LogP contribution in [-0.2, 0) is 4.79 Å². The first-order valence-electron chi connectivity index (χ1n) is 7.97. The van der Waals surface area contributed by atoms with Crippen molar-refractivity contribution in [3.63, 3.8) is 0 Å². The summed E-state index contributed by atoms with van der Waals surface area (Å²) in [4.78, 5) is 12.0. The van der Waals surface area contributed by atoms with Crippen molar-refractivity contribution in [3.05, 3.63) is 0 Å². The van der Waals surface area contributed by atoms with E-state index in [2.05, 4.69) is 29.4 Å². The van der Waals surface area contributed by atoms with E-state index in [1.54, 1.807) is 11.8 Å². The molecule has 1 heterocycles. The molecule has 1 aromatic heterocycles. The molecule has 0 saturated heterocycles. The Morgan fingerprint density at radius 1 is 1.38 bits per heavy atom. The fourth-order valence-electron chi connectivity index (χ4n) is 2.56. The van der Waals surface area contributed by atoms with Crippen molar-refractivity contribution in [2.45, 2.75) is 74.8 Å². The Balaban J connectivity index is 1.72. The minimum absolute atomic E-state index is 0.0804. The molecule has 1 aliphatic rings. The van der Waals surface area contributed by atoms with Crippen molar-refractivity contribution in [2.75, 3.05) is 5.32 Å². The second kappa shape index (κ2) is 8.73. The molecule has 1 aromatic rings. The van der Waals surface area contributed by atoms with Gasteiger partial charge < -0.3 is 5.32 Å². The molecule has 1 unspecified atom stereocenters. The maximum atomic E-state index is 12.0. The average molecular weight is 328 g/mol. The van der Waals surface area contributed by atoms with Gasteiger partial charge in [0, 0.05) is 11.7 Å². The van der Waals surface area contributed by atoms with Gasteiger partial charge >= 0.3 is 0 Å². The van der Waals surface area contributed by atoms with Crippen molar-refractivity contribution in [1.82, 2.24) is 10.2 Å². The molecule has 4 nitrogen and oxygen atoms in total. The van der Waals surface area contributed by atoms with Crippen LogP contribution in [0.1, 0.15) is 65.2 Å². The highest BCUT2D eigenvalue weighted by molar-refractivity contribution is 8.01. The molecule has 1 saturated carbocycles. The number of anilines is 1. The third kappa shape index (κ3) is 5.94. The molecule has 1 atom stereocenters. The van der Waals surface area contributed by atoms with Gasteiger partial charge in [-0.25, -0.2) is 0 Å². The van der Waals surface area contributed by atoms with Crippen LogP contribution >= 0.6 is 23.1 Å². The van der Waals surface area contributed by atoms with Crippen LogP contribution in [0.3, 0.4) is 0 Å². The van der Waals surface area contributed by atoms with Gasteiger partial charge in [0.25, 0.3) is 0 Å². The number of hydrogen-bond donors (Lipinski definition) is 1. The summed E-state index contributed by atoms with van der Waals surface area (Å²) in [6.45, 7) is 4.33. The molecule has 118 valence electrons. The fraction of sp³-hybridized carbons (Fsp3) is 0.800. The first-order chi connectivity index (χ1) is 10.2. The van der Waals surface area contributed by atoms with Crippen molar-refractivity contribution < 1.29 is 4.79 Å². The number of nitrogens with zero attached hydrogens (tertiary/aromatic N) is 2. The lowest BCUT2D eigenvalue weighted by molar-refractivity contribution is -0.116. The number of thioether (sulfide) groups is 1. The topological polar surface area (TPSA) is 54.9 Å². The maximum Gasteiger partial charge on any atom is 0.226 e. The molecule has 6 heteroatoms. The van der Waals surface area contributed by atoms with E-state index >= 15 is 0 Å². The van der Waals surface area contributed by atoms with E-state index < -0.39 is 0 Å². The zero-order chi connectivity index (χ0) is 15.1. The smallest absolute Gasteiger partial charge is 0.226 e. The summed E-state index contributed by atoms with van der Waals surface area (Å²) >= 11 is 3.20. The Morgan fingerprint density at radius 2 is 2.14 bits per heavy atom. The highest BCUT2D eigenvalue weighted by atomic mass is 32.2. The lowest BCUT2D eigenvalue weighted by Crippen LogP contribution is -2.14. The molecular formula is C15H25N3OS2. The highest BCUT2D eigenvalue weighted by Gasteiger charge is 2.16. The van der Waals surface area contributed by atoms with Gasteiger partial charge in [0.15, 0.2) is 4.34 Å². The molecule has 0 spiro atoms. The van der Waals surface area contributed by atoms with Gasteiger partial charge in [0.2, 0.25) is 11.0 Å². The van der Waals surface area contributed by atoms with Crippen molar-refractivity contribution in [3.8, 4) is 0 Å². The molecule has 0 aromatic carbocycles. The fourth-order valence-corrected chi connectivity index (χ4v) is 4.57. The van der Waals surface area contributed by atoms with E-state index in [0.29, 0.717) is 16.8 Å². The number of rotatable bonds is 7. The highest BCUT2D eigenvalue weighted by Crippen LogP contribution is 2.30. The van der Waals surface area contributed by atoms with Crippen molar-refractivity contribution >= 4 is 34.1 Å². The number of nitrogens with one attached hydrogen (secondary N) is 1. The SMILES string of the molecule is CCC(C)Sc1nnc(NC(=O)CCC2CCCCC2)s1. The van der Waals surface area contributed by atoms with Crippen LogP contribution in [0, 0.1) is 5.92 Å². The van der Waals surface area contributed by atoms with Gasteiger partial charge in [-0.15, -0.1) is 10.2 Å². The zero-order valence-corrected chi connectivity index (χ0v) is 14.6. The first kappa shape index (κ1) is 16.7. The van der Waals surface area contributed by atoms with E-state index in [-0.39, 0.29) is 5.91 Å². The predicted octanol–water partition coefficient (Wildman–Crippen LogP) is 4.73. The summed E-state index contributed by atoms with van der Waals surface area (Å²) in [7, 11) is 0. The molecule has 0 bridgehead atoms. The van der Waals surface area contributed by atoms with Gasteiger partial charge in [-0.05, 0) is 18.8 Å². The molecule has 1 amide bonds. The minimum Gasteiger partial charge on any atom is -0.301 e. The minimum atomic E-state index is 0.0804. The van der Waals surface area contributed by atoms with E-state index in [9.17, 15) is 4.79 Å². The van der Waals surface area contributed by atoms with E-state index in [0.717, 1.165) is 23.1 Å². The summed E-state index contributed by atoms with van der Waals surface area (Å²) in [5.41, 5.74) is 0. The van der Waals surface area contributed by atoms with Gasteiger partial charge in [-0.1, -0.05) is 69.1 Å². The van der Waals surface area contributed by atoms with Crippen molar-refractivity contribution in [1.29, 1.82) is 0 Å². The van der Waals surface area contributed by atoms with E-state index in [1.165, 1.54) is 43.4 Å². The normalized spacial score (nSPS) is 17.6. The number of hydrogen-bond acceptors (Lipinski definition) is 5. The van der Waals surface area contributed by atoms with E-state index in [1.807, 2.05) is 0 Å². The Kier molecular flexibility index (Phi) is 6.96. The average Bonchev–Trinajstić information content (AvgIpc) is 2.93. The largest absolute Gasteiger partial charge is 0.301 e. The van der Waals surface area contributed by atoms with Crippen LogP contribution in [0.4, 0.5) is 5.13 Å². The second-order valence-electron chi connectivity index (χ2n) is 5.80.